The van der Waals surface area contributed by atoms with Crippen LogP contribution in [0.25, 0.3) is 0 Å². The summed E-state index contributed by atoms with van der Waals surface area (Å²) < 4.78 is 5.62. The van der Waals surface area contributed by atoms with Crippen LogP contribution in [-0.2, 0) is 0 Å². The lowest BCUT2D eigenvalue weighted by Gasteiger charge is -2.18. The lowest BCUT2D eigenvalue weighted by molar-refractivity contribution is -0.383. The largest absolute Gasteiger partial charge is 0.492 e. The fourth-order valence-corrected chi connectivity index (χ4v) is 2.87. The highest BCUT2D eigenvalue weighted by atomic mass is 16.6. The van der Waals surface area contributed by atoms with E-state index >= 15 is 0 Å². The molecule has 2 aromatic carbocycles. The molecule has 1 heterocycles. The molecule has 0 aliphatic carbocycles. The van der Waals surface area contributed by atoms with Crippen LogP contribution in [0.1, 0.15) is 12.8 Å². The average molecular weight is 327 g/mol. The first kappa shape index (κ1) is 16.1. The van der Waals surface area contributed by atoms with Crippen molar-refractivity contribution in [3.63, 3.8) is 0 Å². The topological polar surface area (TPSA) is 67.6 Å². The van der Waals surface area contributed by atoms with Gasteiger partial charge in [-0.3, -0.25) is 10.1 Å². The molecular weight excluding hydrogens is 306 g/mol. The molecule has 0 bridgehead atoms. The number of hydrogen-bond acceptors (Lipinski definition) is 5. The molecule has 1 aliphatic heterocycles. The number of nitro benzene ring substituents is 1. The monoisotopic (exact) mass is 327 g/mol. The number of anilines is 2. The fraction of sp³-hybridized carbons (Fsp3) is 0.333. The van der Waals surface area contributed by atoms with Crippen LogP contribution in [0.4, 0.5) is 17.1 Å². The van der Waals surface area contributed by atoms with Crippen LogP contribution in [-0.4, -0.2) is 31.2 Å². The number of benzene rings is 2. The van der Waals surface area contributed by atoms with Gasteiger partial charge in [0.25, 0.3) is 5.69 Å². The summed E-state index contributed by atoms with van der Waals surface area (Å²) in [6, 6.07) is 14.8. The Bertz CT molecular complexity index is 685. The van der Waals surface area contributed by atoms with Crippen molar-refractivity contribution in [2.45, 2.75) is 12.8 Å². The van der Waals surface area contributed by atoms with Crippen molar-refractivity contribution in [3.8, 4) is 5.75 Å². The normalized spacial score (nSPS) is 13.8. The van der Waals surface area contributed by atoms with Gasteiger partial charge in [0.05, 0.1) is 4.92 Å². The SMILES string of the molecule is O=[N+]([O-])c1ccc(N2CCCC2)cc1NCCOc1ccccc1. The molecule has 0 atom stereocenters. The van der Waals surface area contributed by atoms with Crippen molar-refractivity contribution in [1.82, 2.24) is 0 Å². The Hall–Kier alpha value is -2.76. The van der Waals surface area contributed by atoms with E-state index in [1.54, 1.807) is 6.07 Å². The highest BCUT2D eigenvalue weighted by Gasteiger charge is 2.18. The van der Waals surface area contributed by atoms with Gasteiger partial charge in [0.2, 0.25) is 0 Å². The maximum absolute atomic E-state index is 11.2. The molecule has 6 heteroatoms. The Morgan fingerprint density at radius 2 is 1.88 bits per heavy atom. The summed E-state index contributed by atoms with van der Waals surface area (Å²) in [7, 11) is 0. The van der Waals surface area contributed by atoms with E-state index in [1.165, 1.54) is 12.8 Å². The molecule has 6 nitrogen and oxygen atoms in total. The van der Waals surface area contributed by atoms with Crippen LogP contribution in [0, 0.1) is 10.1 Å². The molecule has 1 aliphatic rings. The van der Waals surface area contributed by atoms with Gasteiger partial charge in [-0.15, -0.1) is 0 Å². The average Bonchev–Trinajstić information content (AvgIpc) is 3.14. The molecule has 1 N–H and O–H groups in total. The van der Waals surface area contributed by atoms with E-state index in [4.69, 9.17) is 4.74 Å². The number of hydrogen-bond donors (Lipinski definition) is 1. The van der Waals surface area contributed by atoms with Crippen LogP contribution in [0.3, 0.4) is 0 Å². The van der Waals surface area contributed by atoms with E-state index in [2.05, 4.69) is 10.2 Å². The van der Waals surface area contributed by atoms with Gasteiger partial charge in [0.1, 0.15) is 18.0 Å². The molecule has 0 amide bonds. The lowest BCUT2D eigenvalue weighted by atomic mass is 10.2. The molecule has 2 aromatic rings. The first-order chi connectivity index (χ1) is 11.7. The van der Waals surface area contributed by atoms with Gasteiger partial charge in [-0.1, -0.05) is 18.2 Å². The summed E-state index contributed by atoms with van der Waals surface area (Å²) in [6.07, 6.45) is 2.34. The summed E-state index contributed by atoms with van der Waals surface area (Å²) in [5, 5.41) is 14.4. The van der Waals surface area contributed by atoms with Gasteiger partial charge in [-0.25, -0.2) is 0 Å². The van der Waals surface area contributed by atoms with E-state index < -0.39 is 0 Å². The molecule has 1 saturated heterocycles. The third-order valence-electron chi connectivity index (χ3n) is 4.08. The number of nitrogens with zero attached hydrogens (tertiary/aromatic N) is 2. The summed E-state index contributed by atoms with van der Waals surface area (Å²) >= 11 is 0. The summed E-state index contributed by atoms with van der Waals surface area (Å²) in [5.74, 6) is 0.791. The molecule has 3 rings (SSSR count). The van der Waals surface area contributed by atoms with Gasteiger partial charge in [-0.2, -0.15) is 0 Å². The summed E-state index contributed by atoms with van der Waals surface area (Å²) in [5.41, 5.74) is 1.67. The first-order valence-corrected chi connectivity index (χ1v) is 8.19. The van der Waals surface area contributed by atoms with E-state index in [0.29, 0.717) is 18.8 Å². The molecule has 0 unspecified atom stereocenters. The van der Waals surface area contributed by atoms with Crippen LogP contribution in [0.5, 0.6) is 5.75 Å². The van der Waals surface area contributed by atoms with Crippen molar-refractivity contribution < 1.29 is 9.66 Å². The van der Waals surface area contributed by atoms with Gasteiger partial charge in [0, 0.05) is 31.4 Å². The minimum Gasteiger partial charge on any atom is -0.492 e. The minimum absolute atomic E-state index is 0.0951. The Balaban J connectivity index is 1.63. The Morgan fingerprint density at radius 1 is 1.12 bits per heavy atom. The molecule has 126 valence electrons. The zero-order valence-corrected chi connectivity index (χ0v) is 13.5. The summed E-state index contributed by atoms with van der Waals surface area (Å²) in [6.45, 7) is 2.96. The van der Waals surface area contributed by atoms with E-state index in [0.717, 1.165) is 24.5 Å². The number of nitrogens with one attached hydrogen (secondary N) is 1. The molecule has 0 saturated carbocycles. The number of ether oxygens (including phenoxy) is 1. The lowest BCUT2D eigenvalue weighted by Crippen LogP contribution is -2.18. The zero-order chi connectivity index (χ0) is 16.8. The predicted octanol–water partition coefficient (Wildman–Crippen LogP) is 3.69. The zero-order valence-electron chi connectivity index (χ0n) is 13.5. The molecule has 24 heavy (non-hydrogen) atoms. The smallest absolute Gasteiger partial charge is 0.292 e. The highest BCUT2D eigenvalue weighted by molar-refractivity contribution is 5.69. The first-order valence-electron chi connectivity index (χ1n) is 8.19. The molecule has 0 spiro atoms. The van der Waals surface area contributed by atoms with Crippen molar-refractivity contribution in [3.05, 3.63) is 58.6 Å². The maximum Gasteiger partial charge on any atom is 0.292 e. The van der Waals surface area contributed by atoms with Crippen LogP contribution in [0.15, 0.2) is 48.5 Å². The molecule has 1 fully saturated rings. The molecular formula is C18H21N3O3. The third-order valence-corrected chi connectivity index (χ3v) is 4.08. The molecule has 0 aromatic heterocycles. The minimum atomic E-state index is -0.353. The standard InChI is InChI=1S/C18H21N3O3/c22-21(23)18-9-8-15(20-11-4-5-12-20)14-17(18)19-10-13-24-16-6-2-1-3-7-16/h1-3,6-9,14,19H,4-5,10-13H2. The van der Waals surface area contributed by atoms with Crippen LogP contribution < -0.4 is 15.0 Å². The maximum atomic E-state index is 11.2. The van der Waals surface area contributed by atoms with Gasteiger partial charge in [-0.05, 0) is 37.1 Å². The van der Waals surface area contributed by atoms with Crippen molar-refractivity contribution in [2.75, 3.05) is 36.5 Å². The quantitative estimate of drug-likeness (QED) is 0.477. The van der Waals surface area contributed by atoms with E-state index in [-0.39, 0.29) is 10.6 Å². The van der Waals surface area contributed by atoms with Gasteiger partial charge >= 0.3 is 0 Å². The van der Waals surface area contributed by atoms with Gasteiger partial charge < -0.3 is 15.0 Å². The van der Waals surface area contributed by atoms with Crippen molar-refractivity contribution in [1.29, 1.82) is 0 Å². The van der Waals surface area contributed by atoms with Crippen molar-refractivity contribution in [2.24, 2.45) is 0 Å². The Morgan fingerprint density at radius 3 is 2.58 bits per heavy atom. The van der Waals surface area contributed by atoms with Crippen LogP contribution >= 0.6 is 0 Å². The third kappa shape index (κ3) is 3.95. The van der Waals surface area contributed by atoms with E-state index in [1.807, 2.05) is 42.5 Å². The number of rotatable bonds is 7. The van der Waals surface area contributed by atoms with Crippen LogP contribution in [0.2, 0.25) is 0 Å². The second-order valence-electron chi connectivity index (χ2n) is 5.74. The highest BCUT2D eigenvalue weighted by Crippen LogP contribution is 2.31. The summed E-state index contributed by atoms with van der Waals surface area (Å²) in [4.78, 5) is 13.1. The second kappa shape index (κ2) is 7.68. The van der Waals surface area contributed by atoms with Crippen molar-refractivity contribution >= 4 is 17.1 Å². The Labute approximate surface area is 141 Å². The number of nitro groups is 1. The Kier molecular flexibility index (Phi) is 5.15. The van der Waals surface area contributed by atoms with E-state index in [9.17, 15) is 10.1 Å². The fourth-order valence-electron chi connectivity index (χ4n) is 2.87. The van der Waals surface area contributed by atoms with Gasteiger partial charge in [0.15, 0.2) is 0 Å². The predicted molar refractivity (Wildman–Crippen MR) is 95.0 cm³/mol. The molecule has 0 radical (unpaired) electrons. The number of para-hydroxylation sites is 1. The second-order valence-corrected chi connectivity index (χ2v) is 5.74.